The Morgan fingerprint density at radius 3 is 2.84 bits per heavy atom. The number of aromatic nitrogens is 3. The number of aryl methyl sites for hydroxylation is 1. The van der Waals surface area contributed by atoms with Crippen molar-refractivity contribution in [1.82, 2.24) is 20.0 Å². The second kappa shape index (κ2) is 6.72. The molecule has 1 aliphatic rings. The van der Waals surface area contributed by atoms with E-state index in [1.165, 1.54) is 24.5 Å². The maximum atomic E-state index is 13.4. The largest absolute Gasteiger partial charge is 0.338 e. The van der Waals surface area contributed by atoms with Gasteiger partial charge in [0.25, 0.3) is 0 Å². The van der Waals surface area contributed by atoms with Gasteiger partial charge >= 0.3 is 0 Å². The van der Waals surface area contributed by atoms with Crippen molar-refractivity contribution in [2.45, 2.75) is 38.9 Å². The molecule has 2 heterocycles. The van der Waals surface area contributed by atoms with Gasteiger partial charge in [-0.15, -0.1) is 0 Å². The van der Waals surface area contributed by atoms with Gasteiger partial charge in [-0.2, -0.15) is 4.98 Å². The maximum absolute atomic E-state index is 13.4. The van der Waals surface area contributed by atoms with Crippen LogP contribution in [0.2, 0.25) is 0 Å². The number of rotatable bonds is 6. The van der Waals surface area contributed by atoms with Crippen LogP contribution in [0, 0.1) is 12.7 Å². The minimum absolute atomic E-state index is 0.233. The third kappa shape index (κ3) is 3.74. The molecule has 1 aromatic carbocycles. The number of hydrogen-bond acceptors (Lipinski definition) is 5. The molecule has 0 amide bonds. The zero-order valence-electron chi connectivity index (χ0n) is 14.0. The summed E-state index contributed by atoms with van der Waals surface area (Å²) < 4.78 is 18.8. The summed E-state index contributed by atoms with van der Waals surface area (Å²) in [7, 11) is 0. The van der Waals surface area contributed by atoms with E-state index in [1.807, 2.05) is 12.3 Å². The normalized spacial score (nSPS) is 14.2. The molecule has 5 nitrogen and oxygen atoms in total. The van der Waals surface area contributed by atoms with Gasteiger partial charge in [-0.3, -0.25) is 9.88 Å². The molecule has 1 fully saturated rings. The van der Waals surface area contributed by atoms with Crippen molar-refractivity contribution < 1.29 is 8.91 Å². The van der Waals surface area contributed by atoms with Crippen LogP contribution in [0.1, 0.15) is 29.9 Å². The first-order valence-electron chi connectivity index (χ1n) is 8.41. The molecule has 128 valence electrons. The van der Waals surface area contributed by atoms with Crippen molar-refractivity contribution in [3.63, 3.8) is 0 Å². The Kier molecular flexibility index (Phi) is 4.28. The summed E-state index contributed by atoms with van der Waals surface area (Å²) in [6.07, 6.45) is 6.05. The second-order valence-electron chi connectivity index (χ2n) is 6.47. The zero-order chi connectivity index (χ0) is 17.2. The maximum Gasteiger partial charge on any atom is 0.241 e. The van der Waals surface area contributed by atoms with E-state index < -0.39 is 0 Å². The van der Waals surface area contributed by atoms with Crippen molar-refractivity contribution in [2.75, 3.05) is 0 Å². The molecule has 1 aliphatic carbocycles. The number of nitrogens with zero attached hydrogens (tertiary/aromatic N) is 4. The number of hydrogen-bond donors (Lipinski definition) is 0. The lowest BCUT2D eigenvalue weighted by molar-refractivity contribution is 0.209. The van der Waals surface area contributed by atoms with E-state index in [0.29, 0.717) is 29.9 Å². The van der Waals surface area contributed by atoms with Crippen LogP contribution >= 0.6 is 0 Å². The number of halogens is 1. The fraction of sp³-hybridized carbons (Fsp3) is 0.316. The molecule has 0 N–H and O–H groups in total. The van der Waals surface area contributed by atoms with Crippen molar-refractivity contribution >= 4 is 0 Å². The Hall–Kier alpha value is -2.60. The number of benzene rings is 1. The van der Waals surface area contributed by atoms with Gasteiger partial charge < -0.3 is 4.52 Å². The lowest BCUT2D eigenvalue weighted by atomic mass is 10.1. The molecule has 0 unspecified atom stereocenters. The lowest BCUT2D eigenvalue weighted by Crippen LogP contribution is -2.25. The van der Waals surface area contributed by atoms with E-state index >= 15 is 0 Å². The Morgan fingerprint density at radius 1 is 1.24 bits per heavy atom. The summed E-state index contributed by atoms with van der Waals surface area (Å²) in [4.78, 5) is 11.0. The van der Waals surface area contributed by atoms with E-state index in [4.69, 9.17) is 4.52 Å². The fourth-order valence-electron chi connectivity index (χ4n) is 2.87. The first-order chi connectivity index (χ1) is 12.2. The fourth-order valence-corrected chi connectivity index (χ4v) is 2.87. The zero-order valence-corrected chi connectivity index (χ0v) is 14.0. The monoisotopic (exact) mass is 338 g/mol. The summed E-state index contributed by atoms with van der Waals surface area (Å²) in [6.45, 7) is 3.14. The van der Waals surface area contributed by atoms with Gasteiger partial charge in [0.15, 0.2) is 0 Å². The highest BCUT2D eigenvalue weighted by Gasteiger charge is 2.30. The van der Waals surface area contributed by atoms with Crippen molar-refractivity contribution in [1.29, 1.82) is 0 Å². The summed E-state index contributed by atoms with van der Waals surface area (Å²) in [5.74, 6) is 0.840. The average molecular weight is 338 g/mol. The highest BCUT2D eigenvalue weighted by atomic mass is 19.1. The van der Waals surface area contributed by atoms with Gasteiger partial charge in [0.2, 0.25) is 11.7 Å². The molecular weight excluding hydrogens is 319 g/mol. The van der Waals surface area contributed by atoms with Crippen LogP contribution in [0.15, 0.2) is 47.2 Å². The topological polar surface area (TPSA) is 55.1 Å². The van der Waals surface area contributed by atoms with Gasteiger partial charge in [0, 0.05) is 30.5 Å². The second-order valence-corrected chi connectivity index (χ2v) is 6.47. The van der Waals surface area contributed by atoms with Gasteiger partial charge in [-0.25, -0.2) is 4.39 Å². The van der Waals surface area contributed by atoms with E-state index in [2.05, 4.69) is 26.1 Å². The smallest absolute Gasteiger partial charge is 0.241 e. The van der Waals surface area contributed by atoms with Crippen molar-refractivity contribution in [2.24, 2.45) is 0 Å². The van der Waals surface area contributed by atoms with E-state index in [0.717, 1.165) is 12.1 Å². The van der Waals surface area contributed by atoms with Crippen molar-refractivity contribution in [3.05, 3.63) is 65.6 Å². The molecule has 2 aromatic heterocycles. The molecule has 6 heteroatoms. The number of pyridine rings is 1. The molecule has 25 heavy (non-hydrogen) atoms. The minimum Gasteiger partial charge on any atom is -0.338 e. The lowest BCUT2D eigenvalue weighted by Gasteiger charge is -2.19. The van der Waals surface area contributed by atoms with Crippen LogP contribution in [-0.4, -0.2) is 26.1 Å². The highest BCUT2D eigenvalue weighted by molar-refractivity contribution is 5.55. The van der Waals surface area contributed by atoms with Crippen LogP contribution in [-0.2, 0) is 13.1 Å². The van der Waals surface area contributed by atoms with Crippen LogP contribution in [0.5, 0.6) is 0 Å². The van der Waals surface area contributed by atoms with Crippen LogP contribution in [0.3, 0.4) is 0 Å². The molecule has 0 radical (unpaired) electrons. The third-order valence-electron chi connectivity index (χ3n) is 4.39. The summed E-state index contributed by atoms with van der Waals surface area (Å²) >= 11 is 0. The molecule has 4 rings (SSSR count). The quantitative estimate of drug-likeness (QED) is 0.685. The van der Waals surface area contributed by atoms with Gasteiger partial charge in [-0.05, 0) is 55.2 Å². The first-order valence-corrected chi connectivity index (χ1v) is 8.41. The van der Waals surface area contributed by atoms with Gasteiger partial charge in [0.1, 0.15) is 5.82 Å². The minimum atomic E-state index is -0.233. The molecule has 0 aliphatic heterocycles. The predicted octanol–water partition coefficient (Wildman–Crippen LogP) is 3.74. The Labute approximate surface area is 145 Å². The van der Waals surface area contributed by atoms with Crippen molar-refractivity contribution in [3.8, 4) is 11.4 Å². The summed E-state index contributed by atoms with van der Waals surface area (Å²) in [5.41, 5.74) is 2.50. The summed E-state index contributed by atoms with van der Waals surface area (Å²) in [5, 5.41) is 4.05. The molecule has 0 bridgehead atoms. The average Bonchev–Trinajstić information content (AvgIpc) is 3.37. The Bertz CT molecular complexity index is 861. The summed E-state index contributed by atoms with van der Waals surface area (Å²) in [6, 6.07) is 9.41. The van der Waals surface area contributed by atoms with Gasteiger partial charge in [0.05, 0.1) is 6.54 Å². The standard InChI is InChI=1S/C19H19FN4O/c1-13-9-15(4-7-17(13)20)19-22-18(25-23-19)12-24(16-5-6-16)11-14-3-2-8-21-10-14/h2-4,7-10,16H,5-6,11-12H2,1H3. The van der Waals surface area contributed by atoms with E-state index in [-0.39, 0.29) is 5.82 Å². The molecule has 1 saturated carbocycles. The third-order valence-corrected chi connectivity index (χ3v) is 4.39. The molecule has 0 atom stereocenters. The molecule has 0 saturated heterocycles. The van der Waals surface area contributed by atoms with Crippen LogP contribution in [0.4, 0.5) is 4.39 Å². The van der Waals surface area contributed by atoms with E-state index in [1.54, 1.807) is 25.3 Å². The molecule has 3 aromatic rings. The van der Waals surface area contributed by atoms with Crippen LogP contribution < -0.4 is 0 Å². The van der Waals surface area contributed by atoms with E-state index in [9.17, 15) is 4.39 Å². The highest BCUT2D eigenvalue weighted by Crippen LogP contribution is 2.30. The predicted molar refractivity (Wildman–Crippen MR) is 90.9 cm³/mol. The van der Waals surface area contributed by atoms with Gasteiger partial charge in [-0.1, -0.05) is 11.2 Å². The van der Waals surface area contributed by atoms with Crippen LogP contribution in [0.25, 0.3) is 11.4 Å². The first kappa shape index (κ1) is 15.9. The molecular formula is C19H19FN4O. The Morgan fingerprint density at radius 2 is 2.12 bits per heavy atom. The SMILES string of the molecule is Cc1cc(-c2noc(CN(Cc3cccnc3)C3CC3)n2)ccc1F. The Balaban J connectivity index is 1.50. The molecule has 0 spiro atoms.